The summed E-state index contributed by atoms with van der Waals surface area (Å²) >= 11 is 6.00. The van der Waals surface area contributed by atoms with E-state index in [1.165, 1.54) is 0 Å². The highest BCUT2D eigenvalue weighted by Crippen LogP contribution is 2.36. The number of hydrogen-bond donors (Lipinski definition) is 1. The highest BCUT2D eigenvalue weighted by atomic mass is 35.5. The fourth-order valence-corrected chi connectivity index (χ4v) is 3.56. The highest BCUT2D eigenvalue weighted by Gasteiger charge is 2.37. The van der Waals surface area contributed by atoms with Gasteiger partial charge in [0.1, 0.15) is 5.69 Å². The van der Waals surface area contributed by atoms with Crippen molar-refractivity contribution in [2.75, 3.05) is 13.1 Å². The van der Waals surface area contributed by atoms with Crippen LogP contribution in [0.25, 0.3) is 11.5 Å². The number of carboxylic acid groups (broad SMARTS) is 1. The molecule has 7 heteroatoms. The number of pyridine rings is 1. The van der Waals surface area contributed by atoms with E-state index >= 15 is 0 Å². The van der Waals surface area contributed by atoms with E-state index in [1.807, 2.05) is 6.07 Å². The number of aliphatic carboxylic acids is 1. The van der Waals surface area contributed by atoms with E-state index in [0.717, 1.165) is 12.2 Å². The van der Waals surface area contributed by atoms with Crippen LogP contribution in [-0.4, -0.2) is 39.2 Å². The van der Waals surface area contributed by atoms with E-state index < -0.39 is 5.97 Å². The molecule has 1 fully saturated rings. The van der Waals surface area contributed by atoms with Gasteiger partial charge in [-0.15, -0.1) is 0 Å². The lowest BCUT2D eigenvalue weighted by molar-refractivity contribution is -0.145. The molecule has 2 aromatic rings. The van der Waals surface area contributed by atoms with Crippen molar-refractivity contribution in [3.05, 3.63) is 35.1 Å². The summed E-state index contributed by atoms with van der Waals surface area (Å²) in [4.78, 5) is 18.0. The first-order valence-corrected chi connectivity index (χ1v) is 9.13. The molecule has 1 aliphatic heterocycles. The van der Waals surface area contributed by atoms with Crippen LogP contribution in [-0.2, 0) is 11.3 Å². The number of piperidine rings is 1. The Balaban J connectivity index is 1.74. The topological polar surface area (TPSA) is 79.5 Å². The number of hydrogen-bond acceptors (Lipinski definition) is 5. The molecular formula is C19H24ClN3O3. The average Bonchev–Trinajstić information content (AvgIpc) is 3.02. The Morgan fingerprint density at radius 1 is 1.38 bits per heavy atom. The number of rotatable bonds is 4. The molecule has 2 aromatic heterocycles. The maximum Gasteiger partial charge on any atom is 0.307 e. The van der Waals surface area contributed by atoms with Gasteiger partial charge in [-0.1, -0.05) is 37.5 Å². The third-order valence-corrected chi connectivity index (χ3v) is 5.25. The second-order valence-corrected chi connectivity index (χ2v) is 8.51. The lowest BCUT2D eigenvalue weighted by Crippen LogP contribution is -2.46. The Labute approximate surface area is 158 Å². The molecule has 0 radical (unpaired) electrons. The molecule has 0 amide bonds. The van der Waals surface area contributed by atoms with Crippen LogP contribution in [0.3, 0.4) is 0 Å². The largest absolute Gasteiger partial charge is 0.481 e. The summed E-state index contributed by atoms with van der Waals surface area (Å²) in [6.45, 7) is 8.43. The van der Waals surface area contributed by atoms with Gasteiger partial charge >= 0.3 is 5.97 Å². The number of likely N-dealkylation sites (tertiary alicyclic amines) is 1. The van der Waals surface area contributed by atoms with Crippen LogP contribution in [0.4, 0.5) is 0 Å². The van der Waals surface area contributed by atoms with Crippen molar-refractivity contribution >= 4 is 17.6 Å². The summed E-state index contributed by atoms with van der Waals surface area (Å²) in [5, 5.41) is 14.2. The van der Waals surface area contributed by atoms with Crippen LogP contribution >= 0.6 is 11.6 Å². The van der Waals surface area contributed by atoms with Gasteiger partial charge in [0.05, 0.1) is 11.6 Å². The van der Waals surface area contributed by atoms with Gasteiger partial charge < -0.3 is 9.63 Å². The summed E-state index contributed by atoms with van der Waals surface area (Å²) in [7, 11) is 0. The smallest absolute Gasteiger partial charge is 0.307 e. The molecule has 0 spiro atoms. The zero-order valence-electron chi connectivity index (χ0n) is 15.3. The Kier molecular flexibility index (Phi) is 5.34. The Morgan fingerprint density at radius 3 is 2.81 bits per heavy atom. The molecule has 0 aliphatic carbocycles. The average molecular weight is 378 g/mol. The Morgan fingerprint density at radius 2 is 2.15 bits per heavy atom. The normalized spacial score (nSPS) is 21.7. The quantitative estimate of drug-likeness (QED) is 0.868. The SMILES string of the molecule is CC(C)(C)C1CC(C(=O)O)CN(Cc2cc(-c3cc(Cl)ccn3)on2)C1. The molecule has 3 rings (SSSR count). The van der Waals surface area contributed by atoms with Crippen molar-refractivity contribution < 1.29 is 14.4 Å². The van der Waals surface area contributed by atoms with Gasteiger partial charge in [-0.3, -0.25) is 14.7 Å². The molecule has 1 saturated heterocycles. The zero-order chi connectivity index (χ0) is 18.9. The Hall–Kier alpha value is -1.92. The predicted molar refractivity (Wildman–Crippen MR) is 98.7 cm³/mol. The van der Waals surface area contributed by atoms with Gasteiger partial charge in [0.15, 0.2) is 5.76 Å². The first-order valence-electron chi connectivity index (χ1n) is 8.75. The molecule has 3 heterocycles. The summed E-state index contributed by atoms with van der Waals surface area (Å²) in [5.74, 6) is -0.207. The maximum atomic E-state index is 11.6. The molecule has 140 valence electrons. The van der Waals surface area contributed by atoms with Crippen LogP contribution in [0.15, 0.2) is 28.9 Å². The fraction of sp³-hybridized carbons (Fsp3) is 0.526. The number of carboxylic acids is 1. The number of nitrogens with zero attached hydrogens (tertiary/aromatic N) is 3. The molecule has 1 N–H and O–H groups in total. The zero-order valence-corrected chi connectivity index (χ0v) is 16.0. The van der Waals surface area contributed by atoms with Crippen molar-refractivity contribution in [3.8, 4) is 11.5 Å². The van der Waals surface area contributed by atoms with Crippen molar-refractivity contribution in [1.29, 1.82) is 0 Å². The second kappa shape index (κ2) is 7.37. The summed E-state index contributed by atoms with van der Waals surface area (Å²) in [6, 6.07) is 5.27. The van der Waals surface area contributed by atoms with Crippen LogP contribution in [0.1, 0.15) is 32.9 Å². The highest BCUT2D eigenvalue weighted by molar-refractivity contribution is 6.30. The molecule has 1 aliphatic rings. The van der Waals surface area contributed by atoms with E-state index in [1.54, 1.807) is 18.3 Å². The molecule has 0 bridgehead atoms. The first kappa shape index (κ1) is 18.9. The molecule has 2 atom stereocenters. The summed E-state index contributed by atoms with van der Waals surface area (Å²) in [5.41, 5.74) is 1.46. The van der Waals surface area contributed by atoms with E-state index in [2.05, 4.69) is 35.8 Å². The van der Waals surface area contributed by atoms with Gasteiger partial charge in [0.25, 0.3) is 0 Å². The minimum absolute atomic E-state index is 0.0616. The van der Waals surface area contributed by atoms with E-state index in [4.69, 9.17) is 16.1 Å². The number of carbonyl (C=O) groups is 1. The van der Waals surface area contributed by atoms with Crippen molar-refractivity contribution in [3.63, 3.8) is 0 Å². The van der Waals surface area contributed by atoms with Crippen LogP contribution < -0.4 is 0 Å². The van der Waals surface area contributed by atoms with Gasteiger partial charge in [-0.25, -0.2) is 0 Å². The summed E-state index contributed by atoms with van der Waals surface area (Å²) in [6.07, 6.45) is 2.34. The maximum absolute atomic E-state index is 11.6. The van der Waals surface area contributed by atoms with Gasteiger partial charge in [-0.2, -0.15) is 0 Å². The van der Waals surface area contributed by atoms with Crippen LogP contribution in [0, 0.1) is 17.3 Å². The summed E-state index contributed by atoms with van der Waals surface area (Å²) < 4.78 is 5.40. The van der Waals surface area contributed by atoms with E-state index in [0.29, 0.717) is 41.9 Å². The van der Waals surface area contributed by atoms with Crippen molar-refractivity contribution in [2.45, 2.75) is 33.7 Å². The molecule has 0 saturated carbocycles. The number of aromatic nitrogens is 2. The monoisotopic (exact) mass is 377 g/mol. The molecule has 0 aromatic carbocycles. The molecule has 2 unspecified atom stereocenters. The third kappa shape index (κ3) is 4.43. The lowest BCUT2D eigenvalue weighted by atomic mass is 9.73. The predicted octanol–water partition coefficient (Wildman–Crippen LogP) is 3.96. The minimum Gasteiger partial charge on any atom is -0.481 e. The first-order chi connectivity index (χ1) is 12.2. The van der Waals surface area contributed by atoms with Gasteiger partial charge in [0, 0.05) is 36.9 Å². The van der Waals surface area contributed by atoms with Crippen molar-refractivity contribution in [1.82, 2.24) is 15.0 Å². The van der Waals surface area contributed by atoms with Gasteiger partial charge in [-0.05, 0) is 29.9 Å². The minimum atomic E-state index is -0.729. The van der Waals surface area contributed by atoms with E-state index in [9.17, 15) is 9.90 Å². The van der Waals surface area contributed by atoms with Gasteiger partial charge in [0.2, 0.25) is 0 Å². The Bertz CT molecular complexity index is 784. The van der Waals surface area contributed by atoms with Crippen molar-refractivity contribution in [2.24, 2.45) is 17.3 Å². The fourth-order valence-electron chi connectivity index (χ4n) is 3.40. The van der Waals surface area contributed by atoms with Crippen LogP contribution in [0.2, 0.25) is 5.02 Å². The second-order valence-electron chi connectivity index (χ2n) is 8.07. The third-order valence-electron chi connectivity index (χ3n) is 5.02. The molecular weight excluding hydrogens is 354 g/mol. The molecule has 26 heavy (non-hydrogen) atoms. The van der Waals surface area contributed by atoms with E-state index in [-0.39, 0.29) is 11.3 Å². The standard InChI is InChI=1S/C19H24ClN3O3/c1-19(2,3)13-6-12(18(24)25)9-23(10-13)11-15-8-17(26-22-15)16-7-14(20)4-5-21-16/h4-5,7-8,12-13H,6,9-11H2,1-3H3,(H,24,25). The lowest BCUT2D eigenvalue weighted by Gasteiger charge is -2.41. The number of halogens is 1. The molecule has 6 nitrogen and oxygen atoms in total. The van der Waals surface area contributed by atoms with Crippen LogP contribution in [0.5, 0.6) is 0 Å².